The average Bonchev–Trinajstić information content (AvgIpc) is 2.97. The van der Waals surface area contributed by atoms with Crippen molar-refractivity contribution in [2.75, 3.05) is 32.1 Å². The smallest absolute Gasteiger partial charge is 0.272 e. The molecule has 1 atom stereocenters. The normalized spacial score (nSPS) is 18.3. The number of nitrogens with one attached hydrogen (secondary N) is 1. The number of nitrogens with zero attached hydrogens (tertiary/aromatic N) is 2. The zero-order chi connectivity index (χ0) is 13.7. The second-order valence-corrected chi connectivity index (χ2v) is 4.64. The lowest BCUT2D eigenvalue weighted by molar-refractivity contribution is 0.0535. The molecule has 0 radical (unpaired) electrons. The first kappa shape index (κ1) is 13.8. The molecule has 1 aromatic heterocycles. The fourth-order valence-electron chi connectivity index (χ4n) is 2.24. The van der Waals surface area contributed by atoms with Gasteiger partial charge in [0.05, 0.1) is 6.10 Å². The third-order valence-corrected chi connectivity index (χ3v) is 3.34. The van der Waals surface area contributed by atoms with E-state index in [4.69, 9.17) is 4.74 Å². The molecule has 0 bridgehead atoms. The van der Waals surface area contributed by atoms with Crippen molar-refractivity contribution in [2.24, 2.45) is 0 Å². The van der Waals surface area contributed by atoms with Crippen LogP contribution in [0.4, 0.5) is 5.82 Å². The van der Waals surface area contributed by atoms with E-state index in [2.05, 4.69) is 10.3 Å². The molecule has 1 amide bonds. The molecule has 1 saturated heterocycles. The van der Waals surface area contributed by atoms with Crippen LogP contribution in [0.15, 0.2) is 18.2 Å². The second-order valence-electron chi connectivity index (χ2n) is 4.64. The van der Waals surface area contributed by atoms with Crippen LogP contribution in [0.1, 0.15) is 30.3 Å². The van der Waals surface area contributed by atoms with E-state index in [1.165, 1.54) is 0 Å². The maximum Gasteiger partial charge on any atom is 0.272 e. The molecule has 5 heteroatoms. The number of carbonyl (C=O) groups excluding carboxylic acids is 1. The summed E-state index contributed by atoms with van der Waals surface area (Å²) in [6, 6.07) is 5.43. The molecular weight excluding hydrogens is 242 g/mol. The number of anilines is 1. The number of amides is 1. The van der Waals surface area contributed by atoms with Crippen molar-refractivity contribution in [3.8, 4) is 0 Å². The highest BCUT2D eigenvalue weighted by Crippen LogP contribution is 2.15. The predicted molar refractivity (Wildman–Crippen MR) is 74.3 cm³/mol. The average molecular weight is 263 g/mol. The first-order valence-electron chi connectivity index (χ1n) is 6.80. The van der Waals surface area contributed by atoms with Gasteiger partial charge in [0.2, 0.25) is 0 Å². The number of hydrogen-bond donors (Lipinski definition) is 1. The summed E-state index contributed by atoms with van der Waals surface area (Å²) in [6.07, 6.45) is 2.30. The first-order chi connectivity index (χ1) is 9.24. The van der Waals surface area contributed by atoms with Gasteiger partial charge < -0.3 is 15.0 Å². The van der Waals surface area contributed by atoms with Crippen LogP contribution in [0.5, 0.6) is 0 Å². The molecule has 1 aromatic rings. The van der Waals surface area contributed by atoms with Gasteiger partial charge in [-0.25, -0.2) is 4.98 Å². The van der Waals surface area contributed by atoms with E-state index in [9.17, 15) is 4.79 Å². The van der Waals surface area contributed by atoms with E-state index < -0.39 is 0 Å². The van der Waals surface area contributed by atoms with Gasteiger partial charge in [0.1, 0.15) is 11.5 Å². The molecule has 0 aromatic carbocycles. The minimum atomic E-state index is -0.0323. The Balaban J connectivity index is 2.06. The minimum absolute atomic E-state index is 0.0323. The van der Waals surface area contributed by atoms with Crippen LogP contribution in [-0.2, 0) is 4.74 Å². The molecule has 104 valence electrons. The fourth-order valence-corrected chi connectivity index (χ4v) is 2.24. The molecule has 0 saturated carbocycles. The molecule has 2 rings (SSSR count). The lowest BCUT2D eigenvalue weighted by Gasteiger charge is -2.23. The van der Waals surface area contributed by atoms with Crippen molar-refractivity contribution in [3.63, 3.8) is 0 Å². The Morgan fingerprint density at radius 1 is 1.58 bits per heavy atom. The summed E-state index contributed by atoms with van der Waals surface area (Å²) in [5.41, 5.74) is 0.478. The number of hydrogen-bond acceptors (Lipinski definition) is 4. The van der Waals surface area contributed by atoms with Gasteiger partial charge in [0.15, 0.2) is 0 Å². The SMILES string of the molecule is CCN(CC1CCCO1)C(=O)c1cccc(NC)n1. The number of aromatic nitrogens is 1. The van der Waals surface area contributed by atoms with E-state index in [0.717, 1.165) is 19.4 Å². The molecule has 1 fully saturated rings. The minimum Gasteiger partial charge on any atom is -0.376 e. The van der Waals surface area contributed by atoms with Crippen molar-refractivity contribution in [2.45, 2.75) is 25.9 Å². The maximum atomic E-state index is 12.4. The Morgan fingerprint density at radius 2 is 2.42 bits per heavy atom. The van der Waals surface area contributed by atoms with Crippen LogP contribution < -0.4 is 5.32 Å². The first-order valence-corrected chi connectivity index (χ1v) is 6.80. The third kappa shape index (κ3) is 3.44. The number of carbonyl (C=O) groups is 1. The Labute approximate surface area is 114 Å². The van der Waals surface area contributed by atoms with E-state index in [1.807, 2.05) is 19.1 Å². The Hall–Kier alpha value is -1.62. The molecule has 0 spiro atoms. The van der Waals surface area contributed by atoms with Crippen LogP contribution in [0.3, 0.4) is 0 Å². The third-order valence-electron chi connectivity index (χ3n) is 3.34. The highest BCUT2D eigenvalue weighted by molar-refractivity contribution is 5.92. The van der Waals surface area contributed by atoms with E-state index in [1.54, 1.807) is 18.0 Å². The molecule has 1 N–H and O–H groups in total. The van der Waals surface area contributed by atoms with Gasteiger partial charge in [0.25, 0.3) is 5.91 Å². The van der Waals surface area contributed by atoms with Crippen LogP contribution in [0.25, 0.3) is 0 Å². The molecule has 1 aliphatic rings. The topological polar surface area (TPSA) is 54.5 Å². The molecule has 19 heavy (non-hydrogen) atoms. The summed E-state index contributed by atoms with van der Waals surface area (Å²) in [7, 11) is 1.79. The molecule has 5 nitrogen and oxygen atoms in total. The highest BCUT2D eigenvalue weighted by atomic mass is 16.5. The van der Waals surface area contributed by atoms with E-state index >= 15 is 0 Å². The predicted octanol–water partition coefficient (Wildman–Crippen LogP) is 1.76. The summed E-state index contributed by atoms with van der Waals surface area (Å²) in [5.74, 6) is 0.675. The van der Waals surface area contributed by atoms with Crippen molar-refractivity contribution in [1.29, 1.82) is 0 Å². The second kappa shape index (κ2) is 6.52. The Morgan fingerprint density at radius 3 is 3.05 bits per heavy atom. The van der Waals surface area contributed by atoms with Gasteiger partial charge in [-0.3, -0.25) is 4.79 Å². The number of pyridine rings is 1. The quantitative estimate of drug-likeness (QED) is 0.879. The lowest BCUT2D eigenvalue weighted by Crippen LogP contribution is -2.37. The Bertz CT molecular complexity index is 430. The molecule has 1 aliphatic heterocycles. The number of rotatable bonds is 5. The highest BCUT2D eigenvalue weighted by Gasteiger charge is 2.23. The lowest BCUT2D eigenvalue weighted by atomic mass is 10.2. The zero-order valence-electron chi connectivity index (χ0n) is 11.6. The van der Waals surface area contributed by atoms with Crippen LogP contribution >= 0.6 is 0 Å². The standard InChI is InChI=1S/C14H21N3O2/c1-3-17(10-11-6-5-9-19-11)14(18)12-7-4-8-13(15-2)16-12/h4,7-8,11H,3,5-6,9-10H2,1-2H3,(H,15,16). The Kier molecular flexibility index (Phi) is 4.74. The number of ether oxygens (including phenoxy) is 1. The zero-order valence-corrected chi connectivity index (χ0v) is 11.6. The van der Waals surface area contributed by atoms with E-state index in [-0.39, 0.29) is 12.0 Å². The van der Waals surface area contributed by atoms with Crippen molar-refractivity contribution in [3.05, 3.63) is 23.9 Å². The van der Waals surface area contributed by atoms with Gasteiger partial charge in [-0.15, -0.1) is 0 Å². The summed E-state index contributed by atoms with van der Waals surface area (Å²) in [6.45, 7) is 4.11. The summed E-state index contributed by atoms with van der Waals surface area (Å²) < 4.78 is 5.59. The molecule has 2 heterocycles. The van der Waals surface area contributed by atoms with Gasteiger partial charge in [-0.2, -0.15) is 0 Å². The van der Waals surface area contributed by atoms with Crippen molar-refractivity contribution >= 4 is 11.7 Å². The van der Waals surface area contributed by atoms with Gasteiger partial charge >= 0.3 is 0 Å². The van der Waals surface area contributed by atoms with Crippen LogP contribution in [0, 0.1) is 0 Å². The summed E-state index contributed by atoms with van der Waals surface area (Å²) in [5, 5.41) is 2.95. The monoisotopic (exact) mass is 263 g/mol. The molecular formula is C14H21N3O2. The van der Waals surface area contributed by atoms with Crippen molar-refractivity contribution < 1.29 is 9.53 Å². The fraction of sp³-hybridized carbons (Fsp3) is 0.571. The van der Waals surface area contributed by atoms with E-state index in [0.29, 0.717) is 24.6 Å². The number of likely N-dealkylation sites (N-methyl/N-ethyl adjacent to an activating group) is 1. The molecule has 1 unspecified atom stereocenters. The van der Waals surface area contributed by atoms with Gasteiger partial charge in [-0.1, -0.05) is 6.07 Å². The largest absolute Gasteiger partial charge is 0.376 e. The maximum absolute atomic E-state index is 12.4. The van der Waals surface area contributed by atoms with Gasteiger partial charge in [0, 0.05) is 26.7 Å². The molecule has 0 aliphatic carbocycles. The van der Waals surface area contributed by atoms with Crippen LogP contribution in [-0.4, -0.2) is 48.6 Å². The van der Waals surface area contributed by atoms with Gasteiger partial charge in [-0.05, 0) is 31.9 Å². The summed E-state index contributed by atoms with van der Waals surface area (Å²) in [4.78, 5) is 18.5. The van der Waals surface area contributed by atoms with Crippen LogP contribution in [0.2, 0.25) is 0 Å². The van der Waals surface area contributed by atoms with Crippen molar-refractivity contribution in [1.82, 2.24) is 9.88 Å². The summed E-state index contributed by atoms with van der Waals surface area (Å²) >= 11 is 0.